The van der Waals surface area contributed by atoms with Crippen molar-refractivity contribution in [2.24, 2.45) is 29.6 Å². The lowest BCUT2D eigenvalue weighted by molar-refractivity contribution is 0.215. The van der Waals surface area contributed by atoms with Gasteiger partial charge in [-0.2, -0.15) is 0 Å². The van der Waals surface area contributed by atoms with Gasteiger partial charge in [-0.1, -0.05) is 6.92 Å². The summed E-state index contributed by atoms with van der Waals surface area (Å²) >= 11 is 0. The summed E-state index contributed by atoms with van der Waals surface area (Å²) in [5.41, 5.74) is 1.56. The SMILES string of the molecule is CCNC(C1=COCCC1)C1C2C3CCC(C3)C21. The zero-order chi connectivity index (χ0) is 12.1. The number of rotatable bonds is 4. The molecule has 0 amide bonds. The maximum atomic E-state index is 5.58. The van der Waals surface area contributed by atoms with E-state index in [4.69, 9.17) is 4.74 Å². The van der Waals surface area contributed by atoms with Gasteiger partial charge in [0.1, 0.15) is 0 Å². The van der Waals surface area contributed by atoms with Crippen molar-refractivity contribution in [1.29, 1.82) is 0 Å². The van der Waals surface area contributed by atoms with E-state index in [0.29, 0.717) is 6.04 Å². The van der Waals surface area contributed by atoms with Gasteiger partial charge in [0.2, 0.25) is 0 Å². The fraction of sp³-hybridized carbons (Fsp3) is 0.875. The zero-order valence-corrected chi connectivity index (χ0v) is 11.4. The van der Waals surface area contributed by atoms with Gasteiger partial charge in [0.25, 0.3) is 0 Å². The van der Waals surface area contributed by atoms with Crippen molar-refractivity contribution >= 4 is 0 Å². The Hall–Kier alpha value is -0.500. The number of hydrogen-bond acceptors (Lipinski definition) is 2. The standard InChI is InChI=1S/C16H25NO/c1-2-17-16(12-4-3-7-18-9-12)15-13-10-5-6-11(8-10)14(13)15/h9-11,13-17H,2-8H2,1H3. The van der Waals surface area contributed by atoms with Crippen LogP contribution in [-0.4, -0.2) is 19.2 Å². The molecule has 0 saturated heterocycles. The smallest absolute Gasteiger partial charge is 0.0876 e. The summed E-state index contributed by atoms with van der Waals surface area (Å²) in [6, 6.07) is 0.633. The Morgan fingerprint density at radius 3 is 2.72 bits per heavy atom. The van der Waals surface area contributed by atoms with Gasteiger partial charge in [-0.25, -0.2) is 0 Å². The van der Waals surface area contributed by atoms with E-state index in [1.165, 1.54) is 25.7 Å². The van der Waals surface area contributed by atoms with Gasteiger partial charge in [-0.3, -0.25) is 0 Å². The summed E-state index contributed by atoms with van der Waals surface area (Å²) in [7, 11) is 0. The summed E-state index contributed by atoms with van der Waals surface area (Å²) in [6.07, 6.45) is 9.14. The number of ether oxygens (including phenoxy) is 1. The summed E-state index contributed by atoms with van der Waals surface area (Å²) < 4.78 is 5.58. The minimum Gasteiger partial charge on any atom is -0.501 e. The monoisotopic (exact) mass is 247 g/mol. The predicted molar refractivity (Wildman–Crippen MR) is 72.0 cm³/mol. The molecule has 0 spiro atoms. The van der Waals surface area contributed by atoms with E-state index < -0.39 is 0 Å². The molecule has 18 heavy (non-hydrogen) atoms. The molecule has 4 aliphatic rings. The highest BCUT2D eigenvalue weighted by Crippen LogP contribution is 2.70. The van der Waals surface area contributed by atoms with Crippen LogP contribution in [0.2, 0.25) is 0 Å². The van der Waals surface area contributed by atoms with Crippen molar-refractivity contribution < 1.29 is 4.74 Å². The Morgan fingerprint density at radius 1 is 1.33 bits per heavy atom. The molecular weight excluding hydrogens is 222 g/mol. The predicted octanol–water partition coefficient (Wildman–Crippen LogP) is 2.95. The van der Waals surface area contributed by atoms with Crippen molar-refractivity contribution in [3.63, 3.8) is 0 Å². The van der Waals surface area contributed by atoms with Crippen molar-refractivity contribution in [3.05, 3.63) is 11.8 Å². The van der Waals surface area contributed by atoms with Crippen LogP contribution in [0.1, 0.15) is 39.0 Å². The lowest BCUT2D eigenvalue weighted by Crippen LogP contribution is -2.36. The van der Waals surface area contributed by atoms with Crippen LogP contribution in [0.5, 0.6) is 0 Å². The Balaban J connectivity index is 1.52. The van der Waals surface area contributed by atoms with Gasteiger partial charge in [0, 0.05) is 6.04 Å². The van der Waals surface area contributed by atoms with Crippen LogP contribution in [0.3, 0.4) is 0 Å². The van der Waals surface area contributed by atoms with Crippen LogP contribution in [0.4, 0.5) is 0 Å². The minimum absolute atomic E-state index is 0.633. The molecule has 1 N–H and O–H groups in total. The van der Waals surface area contributed by atoms with E-state index in [9.17, 15) is 0 Å². The largest absolute Gasteiger partial charge is 0.501 e. The van der Waals surface area contributed by atoms with Crippen molar-refractivity contribution in [1.82, 2.24) is 5.32 Å². The summed E-state index contributed by atoms with van der Waals surface area (Å²) in [5.74, 6) is 5.24. The first-order chi connectivity index (χ1) is 8.90. The summed E-state index contributed by atoms with van der Waals surface area (Å²) in [6.45, 7) is 4.25. The molecule has 5 atom stereocenters. The third-order valence-electron chi connectivity index (χ3n) is 5.97. The van der Waals surface area contributed by atoms with Crippen molar-refractivity contribution in [2.75, 3.05) is 13.2 Å². The lowest BCUT2D eigenvalue weighted by Gasteiger charge is -2.26. The van der Waals surface area contributed by atoms with Gasteiger partial charge < -0.3 is 10.1 Å². The second-order valence-electron chi connectivity index (χ2n) is 6.77. The second kappa shape index (κ2) is 4.26. The van der Waals surface area contributed by atoms with Crippen LogP contribution in [0.15, 0.2) is 11.8 Å². The molecule has 2 bridgehead atoms. The minimum atomic E-state index is 0.633. The van der Waals surface area contributed by atoms with Gasteiger partial charge in [-0.05, 0) is 73.8 Å². The summed E-state index contributed by atoms with van der Waals surface area (Å²) in [5, 5.41) is 3.76. The molecule has 3 fully saturated rings. The molecule has 4 rings (SSSR count). The Labute approximate surface area is 110 Å². The fourth-order valence-corrected chi connectivity index (χ4v) is 5.39. The third kappa shape index (κ3) is 1.57. The first-order valence-electron chi connectivity index (χ1n) is 7.94. The third-order valence-corrected chi connectivity index (χ3v) is 5.97. The molecule has 1 aliphatic heterocycles. The average molecular weight is 247 g/mol. The Kier molecular flexibility index (Phi) is 2.68. The molecule has 0 radical (unpaired) electrons. The molecule has 3 aliphatic carbocycles. The van der Waals surface area contributed by atoms with Gasteiger partial charge in [0.05, 0.1) is 12.9 Å². The highest BCUT2D eigenvalue weighted by Gasteiger charge is 2.66. The maximum absolute atomic E-state index is 5.58. The molecule has 1 heterocycles. The molecular formula is C16H25NO. The quantitative estimate of drug-likeness (QED) is 0.824. The average Bonchev–Trinajstić information content (AvgIpc) is 2.83. The Bertz CT molecular complexity index is 348. The van der Waals surface area contributed by atoms with Crippen LogP contribution >= 0.6 is 0 Å². The molecule has 2 nitrogen and oxygen atoms in total. The molecule has 0 aromatic carbocycles. The second-order valence-corrected chi connectivity index (χ2v) is 6.77. The number of fused-ring (bicyclic) bond motifs is 5. The molecule has 0 aromatic heterocycles. The first-order valence-corrected chi connectivity index (χ1v) is 7.94. The molecule has 100 valence electrons. The number of likely N-dealkylation sites (N-methyl/N-ethyl adjacent to an activating group) is 1. The topological polar surface area (TPSA) is 21.3 Å². The molecule has 2 heteroatoms. The fourth-order valence-electron chi connectivity index (χ4n) is 5.39. The van der Waals surface area contributed by atoms with E-state index in [2.05, 4.69) is 18.5 Å². The molecule has 5 unspecified atom stereocenters. The van der Waals surface area contributed by atoms with Crippen LogP contribution in [-0.2, 0) is 4.74 Å². The lowest BCUT2D eigenvalue weighted by atomic mass is 9.91. The first kappa shape index (κ1) is 11.3. The van der Waals surface area contributed by atoms with E-state index >= 15 is 0 Å². The molecule has 3 saturated carbocycles. The van der Waals surface area contributed by atoms with Crippen LogP contribution in [0.25, 0.3) is 0 Å². The van der Waals surface area contributed by atoms with E-state index in [-0.39, 0.29) is 0 Å². The highest BCUT2D eigenvalue weighted by atomic mass is 16.5. The Morgan fingerprint density at radius 2 is 2.11 bits per heavy atom. The van der Waals surface area contributed by atoms with Crippen LogP contribution in [0, 0.1) is 29.6 Å². The van der Waals surface area contributed by atoms with Crippen molar-refractivity contribution in [2.45, 2.75) is 45.1 Å². The maximum Gasteiger partial charge on any atom is 0.0876 e. The van der Waals surface area contributed by atoms with E-state index in [1.807, 2.05) is 0 Å². The molecule has 0 aromatic rings. The van der Waals surface area contributed by atoms with Gasteiger partial charge in [-0.15, -0.1) is 0 Å². The van der Waals surface area contributed by atoms with E-state index in [0.717, 1.165) is 42.7 Å². The van der Waals surface area contributed by atoms with Gasteiger partial charge in [0.15, 0.2) is 0 Å². The highest BCUT2D eigenvalue weighted by molar-refractivity contribution is 5.23. The number of hydrogen-bond donors (Lipinski definition) is 1. The van der Waals surface area contributed by atoms with Gasteiger partial charge >= 0.3 is 0 Å². The normalized spacial score (nSPS) is 46.3. The number of nitrogens with one attached hydrogen (secondary N) is 1. The zero-order valence-electron chi connectivity index (χ0n) is 11.4. The van der Waals surface area contributed by atoms with E-state index in [1.54, 1.807) is 12.0 Å². The van der Waals surface area contributed by atoms with Crippen molar-refractivity contribution in [3.8, 4) is 0 Å². The van der Waals surface area contributed by atoms with Crippen LogP contribution < -0.4 is 5.32 Å². The summed E-state index contributed by atoms with van der Waals surface area (Å²) in [4.78, 5) is 0.